The highest BCUT2D eigenvalue weighted by Gasteiger charge is 2.19. The number of nitrogens with one attached hydrogen (secondary N) is 1. The highest BCUT2D eigenvalue weighted by molar-refractivity contribution is 5.92. The van der Waals surface area contributed by atoms with Crippen LogP contribution < -0.4 is 10.2 Å². The van der Waals surface area contributed by atoms with Crippen molar-refractivity contribution in [2.45, 2.75) is 6.92 Å². The molecule has 0 radical (unpaired) electrons. The molecule has 126 valence electrons. The average molecular weight is 328 g/mol. The molecule has 0 unspecified atom stereocenters. The SMILES string of the molecule is Cc1cc(N2CCN(CC(=O)Nc3ccccc3F)CC2)ccn1. The van der Waals surface area contributed by atoms with Gasteiger partial charge in [0.05, 0.1) is 12.2 Å². The van der Waals surface area contributed by atoms with Gasteiger partial charge in [0.2, 0.25) is 5.91 Å². The van der Waals surface area contributed by atoms with E-state index in [1.807, 2.05) is 19.2 Å². The Labute approximate surface area is 141 Å². The molecule has 2 heterocycles. The van der Waals surface area contributed by atoms with Crippen molar-refractivity contribution in [2.75, 3.05) is 42.9 Å². The molecule has 2 aromatic rings. The minimum absolute atomic E-state index is 0.187. The van der Waals surface area contributed by atoms with E-state index in [2.05, 4.69) is 26.2 Å². The summed E-state index contributed by atoms with van der Waals surface area (Å²) in [6.45, 7) is 5.56. The largest absolute Gasteiger partial charge is 0.369 e. The van der Waals surface area contributed by atoms with Gasteiger partial charge in [0, 0.05) is 43.8 Å². The van der Waals surface area contributed by atoms with Crippen LogP contribution in [0.2, 0.25) is 0 Å². The second kappa shape index (κ2) is 7.40. The first-order valence-corrected chi connectivity index (χ1v) is 8.06. The quantitative estimate of drug-likeness (QED) is 0.935. The summed E-state index contributed by atoms with van der Waals surface area (Å²) in [5.41, 5.74) is 2.39. The van der Waals surface area contributed by atoms with Crippen LogP contribution in [-0.2, 0) is 4.79 Å². The van der Waals surface area contributed by atoms with Crippen molar-refractivity contribution in [3.8, 4) is 0 Å². The second-order valence-corrected chi connectivity index (χ2v) is 5.95. The minimum Gasteiger partial charge on any atom is -0.369 e. The molecule has 0 aliphatic carbocycles. The van der Waals surface area contributed by atoms with Gasteiger partial charge >= 0.3 is 0 Å². The molecule has 1 aromatic heterocycles. The van der Waals surface area contributed by atoms with Gasteiger partial charge in [-0.1, -0.05) is 12.1 Å². The van der Waals surface area contributed by atoms with Gasteiger partial charge in [0.25, 0.3) is 0 Å². The van der Waals surface area contributed by atoms with Gasteiger partial charge in [0.1, 0.15) is 5.82 Å². The van der Waals surface area contributed by atoms with Crippen molar-refractivity contribution in [2.24, 2.45) is 0 Å². The van der Waals surface area contributed by atoms with E-state index in [0.717, 1.165) is 37.6 Å². The molecule has 1 N–H and O–H groups in total. The van der Waals surface area contributed by atoms with Crippen LogP contribution in [0, 0.1) is 12.7 Å². The standard InChI is InChI=1S/C18H21FN4O/c1-14-12-15(6-7-20-14)23-10-8-22(9-11-23)13-18(24)21-17-5-3-2-4-16(17)19/h2-7,12H,8-11,13H2,1H3,(H,21,24). The van der Waals surface area contributed by atoms with Crippen LogP contribution in [-0.4, -0.2) is 48.5 Å². The Morgan fingerprint density at radius 1 is 1.21 bits per heavy atom. The molecule has 1 aromatic carbocycles. The van der Waals surface area contributed by atoms with Crippen LogP contribution in [0.25, 0.3) is 0 Å². The van der Waals surface area contributed by atoms with E-state index >= 15 is 0 Å². The molecule has 1 aliphatic heterocycles. The number of para-hydroxylation sites is 1. The summed E-state index contributed by atoms with van der Waals surface area (Å²) in [5.74, 6) is -0.600. The summed E-state index contributed by atoms with van der Waals surface area (Å²) in [5, 5.41) is 2.63. The molecule has 5 nitrogen and oxygen atoms in total. The molecule has 0 bridgehead atoms. The van der Waals surface area contributed by atoms with Gasteiger partial charge in [-0.05, 0) is 31.2 Å². The Hall–Kier alpha value is -2.47. The fourth-order valence-corrected chi connectivity index (χ4v) is 2.85. The second-order valence-electron chi connectivity index (χ2n) is 5.95. The highest BCUT2D eigenvalue weighted by Crippen LogP contribution is 2.17. The summed E-state index contributed by atoms with van der Waals surface area (Å²) in [6.07, 6.45) is 1.82. The molecule has 1 aliphatic rings. The van der Waals surface area contributed by atoms with E-state index in [-0.39, 0.29) is 18.1 Å². The van der Waals surface area contributed by atoms with Gasteiger partial charge in [-0.3, -0.25) is 14.7 Å². The third-order valence-corrected chi connectivity index (χ3v) is 4.13. The Bertz CT molecular complexity index is 714. The third-order valence-electron chi connectivity index (χ3n) is 4.13. The topological polar surface area (TPSA) is 48.5 Å². The Kier molecular flexibility index (Phi) is 5.05. The fraction of sp³-hybridized carbons (Fsp3) is 0.333. The molecule has 1 saturated heterocycles. The van der Waals surface area contributed by atoms with Crippen molar-refractivity contribution in [3.63, 3.8) is 0 Å². The lowest BCUT2D eigenvalue weighted by Crippen LogP contribution is -2.48. The maximum absolute atomic E-state index is 13.6. The first kappa shape index (κ1) is 16.4. The number of piperazine rings is 1. The first-order valence-electron chi connectivity index (χ1n) is 8.06. The molecule has 0 saturated carbocycles. The van der Waals surface area contributed by atoms with Crippen molar-refractivity contribution >= 4 is 17.3 Å². The van der Waals surface area contributed by atoms with Crippen LogP contribution in [0.5, 0.6) is 0 Å². The first-order chi connectivity index (χ1) is 11.6. The molecule has 24 heavy (non-hydrogen) atoms. The van der Waals surface area contributed by atoms with E-state index in [4.69, 9.17) is 0 Å². The van der Waals surface area contributed by atoms with E-state index in [9.17, 15) is 9.18 Å². The maximum Gasteiger partial charge on any atom is 0.238 e. The van der Waals surface area contributed by atoms with Crippen molar-refractivity contribution in [3.05, 3.63) is 54.1 Å². The Morgan fingerprint density at radius 2 is 1.96 bits per heavy atom. The number of hydrogen-bond acceptors (Lipinski definition) is 4. The van der Waals surface area contributed by atoms with Gasteiger partial charge in [0.15, 0.2) is 0 Å². The third kappa shape index (κ3) is 4.08. The summed E-state index contributed by atoms with van der Waals surface area (Å²) in [7, 11) is 0. The molecule has 6 heteroatoms. The maximum atomic E-state index is 13.6. The number of halogens is 1. The highest BCUT2D eigenvalue weighted by atomic mass is 19.1. The number of pyridine rings is 1. The fourth-order valence-electron chi connectivity index (χ4n) is 2.85. The number of carbonyl (C=O) groups is 1. The molecular weight excluding hydrogens is 307 g/mol. The van der Waals surface area contributed by atoms with Gasteiger partial charge < -0.3 is 10.2 Å². The van der Waals surface area contributed by atoms with Crippen LogP contribution in [0.1, 0.15) is 5.69 Å². The predicted octanol–water partition coefficient (Wildman–Crippen LogP) is 2.29. The van der Waals surface area contributed by atoms with Crippen molar-refractivity contribution in [1.29, 1.82) is 0 Å². The van der Waals surface area contributed by atoms with Crippen molar-refractivity contribution in [1.82, 2.24) is 9.88 Å². The lowest BCUT2D eigenvalue weighted by molar-refractivity contribution is -0.117. The number of hydrogen-bond donors (Lipinski definition) is 1. The molecule has 0 spiro atoms. The number of aryl methyl sites for hydroxylation is 1. The van der Waals surface area contributed by atoms with Crippen molar-refractivity contribution < 1.29 is 9.18 Å². The number of amides is 1. The molecule has 1 fully saturated rings. The van der Waals surface area contributed by atoms with E-state index < -0.39 is 5.82 Å². The zero-order chi connectivity index (χ0) is 16.9. The lowest BCUT2D eigenvalue weighted by atomic mass is 10.2. The summed E-state index contributed by atoms with van der Waals surface area (Å²) in [4.78, 5) is 20.7. The number of aromatic nitrogens is 1. The lowest BCUT2D eigenvalue weighted by Gasteiger charge is -2.35. The van der Waals surface area contributed by atoms with Gasteiger partial charge in [-0.2, -0.15) is 0 Å². The van der Waals surface area contributed by atoms with E-state index in [0.29, 0.717) is 0 Å². The number of nitrogens with zero attached hydrogens (tertiary/aromatic N) is 3. The Morgan fingerprint density at radius 3 is 2.67 bits per heavy atom. The number of anilines is 2. The normalized spacial score (nSPS) is 15.3. The van der Waals surface area contributed by atoms with Crippen LogP contribution in [0.3, 0.4) is 0 Å². The van der Waals surface area contributed by atoms with Gasteiger partial charge in [-0.15, -0.1) is 0 Å². The molecule has 0 atom stereocenters. The zero-order valence-corrected chi connectivity index (χ0v) is 13.7. The molecule has 1 amide bonds. The van der Waals surface area contributed by atoms with Crippen LogP contribution >= 0.6 is 0 Å². The van der Waals surface area contributed by atoms with Crippen LogP contribution in [0.15, 0.2) is 42.6 Å². The van der Waals surface area contributed by atoms with E-state index in [1.54, 1.807) is 18.2 Å². The van der Waals surface area contributed by atoms with Gasteiger partial charge in [-0.25, -0.2) is 4.39 Å². The van der Waals surface area contributed by atoms with E-state index in [1.165, 1.54) is 6.07 Å². The van der Waals surface area contributed by atoms with Crippen LogP contribution in [0.4, 0.5) is 15.8 Å². The number of rotatable bonds is 4. The smallest absolute Gasteiger partial charge is 0.238 e. The monoisotopic (exact) mass is 328 g/mol. The Balaban J connectivity index is 1.50. The zero-order valence-electron chi connectivity index (χ0n) is 13.7. The minimum atomic E-state index is -0.413. The summed E-state index contributed by atoms with van der Waals surface area (Å²) >= 11 is 0. The summed E-state index contributed by atoms with van der Waals surface area (Å²) < 4.78 is 13.6. The molecule has 3 rings (SSSR count). The summed E-state index contributed by atoms with van der Waals surface area (Å²) in [6, 6.07) is 10.3. The number of benzene rings is 1. The predicted molar refractivity (Wildman–Crippen MR) is 92.7 cm³/mol. The average Bonchev–Trinajstić information content (AvgIpc) is 2.58. The molecular formula is C18H21FN4O. The number of carbonyl (C=O) groups excluding carboxylic acids is 1.